The zero-order valence-corrected chi connectivity index (χ0v) is 9.53. The molecule has 0 heterocycles. The van der Waals surface area contributed by atoms with Crippen molar-refractivity contribution in [3.8, 4) is 5.75 Å². The van der Waals surface area contributed by atoms with Crippen molar-refractivity contribution in [3.05, 3.63) is 29.8 Å². The van der Waals surface area contributed by atoms with Crippen molar-refractivity contribution in [2.45, 2.75) is 32.7 Å². The molecule has 88 valence electrons. The van der Waals surface area contributed by atoms with Crippen LogP contribution in [0.2, 0.25) is 0 Å². The molecule has 3 N–H and O–H groups in total. The largest absolute Gasteiger partial charge is 0.412 e. The van der Waals surface area contributed by atoms with E-state index in [1.807, 2.05) is 12.1 Å². The number of hydrogen-bond acceptors (Lipinski definition) is 3. The highest BCUT2D eigenvalue weighted by Gasteiger charge is 2.00. The van der Waals surface area contributed by atoms with E-state index < -0.39 is 0 Å². The van der Waals surface area contributed by atoms with Gasteiger partial charge in [-0.3, -0.25) is 4.79 Å². The van der Waals surface area contributed by atoms with Gasteiger partial charge in [-0.15, -0.1) is 0 Å². The molecule has 1 aromatic carbocycles. The minimum atomic E-state index is 0.0981. The summed E-state index contributed by atoms with van der Waals surface area (Å²) in [6.07, 6.45) is 2.57. The lowest BCUT2D eigenvalue weighted by atomic mass is 10.2. The first kappa shape index (κ1) is 12.5. The van der Waals surface area contributed by atoms with Gasteiger partial charge in [-0.25, -0.2) is 0 Å². The Morgan fingerprint density at radius 3 is 2.62 bits per heavy atom. The van der Waals surface area contributed by atoms with Crippen LogP contribution in [-0.2, 0) is 11.3 Å². The van der Waals surface area contributed by atoms with Crippen molar-refractivity contribution in [3.63, 3.8) is 0 Å². The van der Waals surface area contributed by atoms with Gasteiger partial charge in [0.2, 0.25) is 5.91 Å². The fourth-order valence-corrected chi connectivity index (χ4v) is 1.31. The molecule has 0 saturated carbocycles. The summed E-state index contributed by atoms with van der Waals surface area (Å²) in [4.78, 5) is 15.9. The van der Waals surface area contributed by atoms with Gasteiger partial charge in [0, 0.05) is 13.0 Å². The normalized spacial score (nSPS) is 9.88. The molecule has 0 fully saturated rings. The molecule has 1 rings (SSSR count). The van der Waals surface area contributed by atoms with E-state index in [1.54, 1.807) is 12.1 Å². The Bertz CT molecular complexity index is 322. The van der Waals surface area contributed by atoms with Gasteiger partial charge in [-0.2, -0.15) is 5.90 Å². The zero-order chi connectivity index (χ0) is 11.8. The monoisotopic (exact) mass is 222 g/mol. The summed E-state index contributed by atoms with van der Waals surface area (Å²) in [6, 6.07) is 7.30. The summed E-state index contributed by atoms with van der Waals surface area (Å²) in [5, 5.41) is 2.86. The molecule has 0 radical (unpaired) electrons. The predicted octanol–water partition coefficient (Wildman–Crippen LogP) is 1.75. The standard InChI is InChI=1S/C12H18N2O2/c1-2-3-4-12(15)14-9-10-5-7-11(16-13)8-6-10/h5-8H,2-4,9,13H2,1H3,(H,14,15). The van der Waals surface area contributed by atoms with Crippen LogP contribution in [0, 0.1) is 0 Å². The molecule has 0 aliphatic carbocycles. The summed E-state index contributed by atoms with van der Waals surface area (Å²) in [7, 11) is 0. The second kappa shape index (κ2) is 6.85. The van der Waals surface area contributed by atoms with Crippen LogP contribution in [0.15, 0.2) is 24.3 Å². The first-order valence-electron chi connectivity index (χ1n) is 5.48. The van der Waals surface area contributed by atoms with Crippen molar-refractivity contribution < 1.29 is 9.63 Å². The number of rotatable bonds is 6. The number of unbranched alkanes of at least 4 members (excludes halogenated alkanes) is 1. The number of amides is 1. The van der Waals surface area contributed by atoms with Gasteiger partial charge >= 0.3 is 0 Å². The predicted molar refractivity (Wildman–Crippen MR) is 62.6 cm³/mol. The maximum atomic E-state index is 11.3. The first-order valence-corrected chi connectivity index (χ1v) is 5.48. The van der Waals surface area contributed by atoms with Gasteiger partial charge in [0.1, 0.15) is 5.75 Å². The van der Waals surface area contributed by atoms with E-state index in [0.717, 1.165) is 18.4 Å². The number of carbonyl (C=O) groups is 1. The van der Waals surface area contributed by atoms with Crippen molar-refractivity contribution in [1.29, 1.82) is 0 Å². The number of nitrogens with one attached hydrogen (secondary N) is 1. The molecule has 0 atom stereocenters. The van der Waals surface area contributed by atoms with E-state index >= 15 is 0 Å². The highest BCUT2D eigenvalue weighted by molar-refractivity contribution is 5.75. The maximum Gasteiger partial charge on any atom is 0.220 e. The molecule has 0 spiro atoms. The highest BCUT2D eigenvalue weighted by atomic mass is 16.6. The van der Waals surface area contributed by atoms with E-state index in [2.05, 4.69) is 17.1 Å². The Morgan fingerprint density at radius 2 is 2.06 bits per heavy atom. The fourth-order valence-electron chi connectivity index (χ4n) is 1.31. The van der Waals surface area contributed by atoms with Gasteiger partial charge in [-0.05, 0) is 24.1 Å². The van der Waals surface area contributed by atoms with Crippen LogP contribution in [0.1, 0.15) is 31.7 Å². The van der Waals surface area contributed by atoms with Gasteiger partial charge in [-0.1, -0.05) is 25.5 Å². The second-order valence-electron chi connectivity index (χ2n) is 3.64. The number of carbonyl (C=O) groups excluding carboxylic acids is 1. The molecule has 4 heteroatoms. The third-order valence-electron chi connectivity index (χ3n) is 2.31. The Labute approximate surface area is 95.7 Å². The van der Waals surface area contributed by atoms with Crippen LogP contribution in [0.5, 0.6) is 5.75 Å². The fraction of sp³-hybridized carbons (Fsp3) is 0.417. The molecular formula is C12H18N2O2. The summed E-state index contributed by atoms with van der Waals surface area (Å²) in [5.74, 6) is 5.72. The molecule has 1 amide bonds. The topological polar surface area (TPSA) is 64.3 Å². The number of hydrogen-bond donors (Lipinski definition) is 2. The van der Waals surface area contributed by atoms with Crippen LogP contribution in [-0.4, -0.2) is 5.91 Å². The Hall–Kier alpha value is -1.55. The second-order valence-corrected chi connectivity index (χ2v) is 3.64. The SMILES string of the molecule is CCCCC(=O)NCc1ccc(ON)cc1. The molecule has 0 unspecified atom stereocenters. The zero-order valence-electron chi connectivity index (χ0n) is 9.53. The number of nitrogens with two attached hydrogens (primary N) is 1. The van der Waals surface area contributed by atoms with E-state index in [1.165, 1.54) is 0 Å². The maximum absolute atomic E-state index is 11.3. The van der Waals surface area contributed by atoms with Crippen LogP contribution in [0.4, 0.5) is 0 Å². The van der Waals surface area contributed by atoms with Crippen molar-refractivity contribution in [2.75, 3.05) is 0 Å². The molecule has 1 aromatic rings. The lowest BCUT2D eigenvalue weighted by Gasteiger charge is -2.05. The van der Waals surface area contributed by atoms with Gasteiger partial charge in [0.05, 0.1) is 0 Å². The summed E-state index contributed by atoms with van der Waals surface area (Å²) >= 11 is 0. The summed E-state index contributed by atoms with van der Waals surface area (Å²) in [6.45, 7) is 2.62. The summed E-state index contributed by atoms with van der Waals surface area (Å²) in [5.41, 5.74) is 1.03. The van der Waals surface area contributed by atoms with Crippen LogP contribution in [0.3, 0.4) is 0 Å². The van der Waals surface area contributed by atoms with Crippen molar-refractivity contribution in [1.82, 2.24) is 5.32 Å². The van der Waals surface area contributed by atoms with E-state index in [4.69, 9.17) is 5.90 Å². The summed E-state index contributed by atoms with van der Waals surface area (Å²) < 4.78 is 0. The first-order chi connectivity index (χ1) is 7.76. The van der Waals surface area contributed by atoms with Gasteiger partial charge in [0.25, 0.3) is 0 Å². The average molecular weight is 222 g/mol. The van der Waals surface area contributed by atoms with E-state index in [0.29, 0.717) is 18.7 Å². The number of benzene rings is 1. The smallest absolute Gasteiger partial charge is 0.220 e. The minimum absolute atomic E-state index is 0.0981. The molecule has 0 aliphatic rings. The Morgan fingerprint density at radius 1 is 1.38 bits per heavy atom. The molecule has 16 heavy (non-hydrogen) atoms. The van der Waals surface area contributed by atoms with E-state index in [-0.39, 0.29) is 5.91 Å². The van der Waals surface area contributed by atoms with Crippen LogP contribution in [0.25, 0.3) is 0 Å². The molecular weight excluding hydrogens is 204 g/mol. The third-order valence-corrected chi connectivity index (χ3v) is 2.31. The lowest BCUT2D eigenvalue weighted by Crippen LogP contribution is -2.22. The Balaban J connectivity index is 2.33. The van der Waals surface area contributed by atoms with Crippen LogP contribution < -0.4 is 16.1 Å². The van der Waals surface area contributed by atoms with Crippen LogP contribution >= 0.6 is 0 Å². The molecule has 4 nitrogen and oxygen atoms in total. The Kier molecular flexibility index (Phi) is 5.36. The lowest BCUT2D eigenvalue weighted by molar-refractivity contribution is -0.121. The quantitative estimate of drug-likeness (QED) is 0.721. The minimum Gasteiger partial charge on any atom is -0.412 e. The van der Waals surface area contributed by atoms with Crippen molar-refractivity contribution in [2.24, 2.45) is 5.90 Å². The van der Waals surface area contributed by atoms with E-state index in [9.17, 15) is 4.79 Å². The van der Waals surface area contributed by atoms with Gasteiger partial charge < -0.3 is 10.2 Å². The highest BCUT2D eigenvalue weighted by Crippen LogP contribution is 2.10. The molecule has 0 saturated heterocycles. The van der Waals surface area contributed by atoms with Gasteiger partial charge in [0.15, 0.2) is 0 Å². The molecule has 0 bridgehead atoms. The molecule has 0 aliphatic heterocycles. The third kappa shape index (κ3) is 4.31. The average Bonchev–Trinajstić information content (AvgIpc) is 2.34. The van der Waals surface area contributed by atoms with Crippen molar-refractivity contribution >= 4 is 5.91 Å². The molecule has 0 aromatic heterocycles.